The van der Waals surface area contributed by atoms with Crippen LogP contribution in [0.5, 0.6) is 0 Å². The van der Waals surface area contributed by atoms with Crippen LogP contribution >= 0.6 is 0 Å². The molecular weight excluding hydrogens is 418 g/mol. The second kappa shape index (κ2) is 9.64. The van der Waals surface area contributed by atoms with Gasteiger partial charge < -0.3 is 15.5 Å². The number of rotatable bonds is 5. The zero-order valence-electron chi connectivity index (χ0n) is 18.8. The number of hydrogen-bond acceptors (Lipinski definition) is 6. The highest BCUT2D eigenvalue weighted by molar-refractivity contribution is 5.95. The topological polar surface area (TPSA) is 104 Å². The van der Waals surface area contributed by atoms with E-state index in [2.05, 4.69) is 32.4 Å². The van der Waals surface area contributed by atoms with Crippen molar-refractivity contribution in [1.29, 1.82) is 0 Å². The fourth-order valence-electron chi connectivity index (χ4n) is 4.11. The van der Waals surface area contributed by atoms with Crippen LogP contribution in [0.2, 0.25) is 0 Å². The van der Waals surface area contributed by atoms with Crippen LogP contribution in [0.3, 0.4) is 0 Å². The molecule has 170 valence electrons. The lowest BCUT2D eigenvalue weighted by atomic mass is 9.95. The molecule has 0 aliphatic carbocycles. The molecule has 2 heterocycles. The maximum Gasteiger partial charge on any atom is 0.253 e. The molecule has 0 spiro atoms. The molecule has 1 aliphatic rings. The maximum absolute atomic E-state index is 12.9. The molecule has 0 atom stereocenters. The van der Waals surface area contributed by atoms with E-state index >= 15 is 0 Å². The van der Waals surface area contributed by atoms with Crippen LogP contribution < -0.4 is 16.1 Å². The van der Waals surface area contributed by atoms with E-state index in [1.165, 1.54) is 0 Å². The van der Waals surface area contributed by atoms with Crippen molar-refractivity contribution in [2.45, 2.75) is 12.8 Å². The molecule has 0 saturated carbocycles. The minimum absolute atomic E-state index is 0.0222. The van der Waals surface area contributed by atoms with Crippen molar-refractivity contribution in [1.82, 2.24) is 19.9 Å². The Labute approximate surface area is 191 Å². The van der Waals surface area contributed by atoms with Gasteiger partial charge in [-0.05, 0) is 49.2 Å². The molecule has 0 unspecified atom stereocenters. The molecule has 2 N–H and O–H groups in total. The van der Waals surface area contributed by atoms with Gasteiger partial charge in [0.05, 0.1) is 11.0 Å². The Morgan fingerprint density at radius 2 is 1.79 bits per heavy atom. The highest BCUT2D eigenvalue weighted by Crippen LogP contribution is 2.21. The first-order chi connectivity index (χ1) is 16.0. The average Bonchev–Trinajstić information content (AvgIpc) is 2.87. The normalized spacial score (nSPS) is 14.8. The number of fused-ring (bicyclic) bond motifs is 1. The van der Waals surface area contributed by atoms with Crippen LogP contribution in [-0.2, 0) is 4.79 Å². The summed E-state index contributed by atoms with van der Waals surface area (Å²) in [6.07, 6.45) is 1.36. The lowest BCUT2D eigenvalue weighted by molar-refractivity contribution is -0.125. The predicted molar refractivity (Wildman–Crippen MR) is 129 cm³/mol. The van der Waals surface area contributed by atoms with Gasteiger partial charge in [-0.3, -0.25) is 14.6 Å². The summed E-state index contributed by atoms with van der Waals surface area (Å²) >= 11 is 0. The molecule has 1 aliphatic heterocycles. The van der Waals surface area contributed by atoms with Gasteiger partial charge in [0.1, 0.15) is 0 Å². The van der Waals surface area contributed by atoms with Crippen molar-refractivity contribution in [3.05, 3.63) is 59.6 Å². The van der Waals surface area contributed by atoms with E-state index in [1.54, 1.807) is 35.8 Å². The molecule has 2 aromatic carbocycles. The Morgan fingerprint density at radius 1 is 1.09 bits per heavy atom. The van der Waals surface area contributed by atoms with Crippen molar-refractivity contribution < 1.29 is 9.59 Å². The summed E-state index contributed by atoms with van der Waals surface area (Å²) in [7, 11) is 3.32. The highest BCUT2D eigenvalue weighted by atomic mass is 16.2. The first kappa shape index (κ1) is 22.2. The third kappa shape index (κ3) is 4.48. The summed E-state index contributed by atoms with van der Waals surface area (Å²) in [6.45, 7) is 4.82. The minimum atomic E-state index is -0.0290. The van der Waals surface area contributed by atoms with E-state index < -0.39 is 0 Å². The third-order valence-electron chi connectivity index (χ3n) is 5.90. The fourth-order valence-corrected chi connectivity index (χ4v) is 4.11. The zero-order chi connectivity index (χ0) is 23.4. The number of carbonyl (C=O) groups excluding carboxylic acids is 2. The third-order valence-corrected chi connectivity index (χ3v) is 5.90. The number of hydrogen-bond donors (Lipinski definition) is 2. The number of nitrogens with one attached hydrogen (secondary N) is 2. The Balaban J connectivity index is 1.52. The van der Waals surface area contributed by atoms with Crippen LogP contribution in [0.25, 0.3) is 11.0 Å². The van der Waals surface area contributed by atoms with Gasteiger partial charge in [0.25, 0.3) is 5.91 Å². The molecule has 33 heavy (non-hydrogen) atoms. The number of aromatic nitrogens is 2. The van der Waals surface area contributed by atoms with Gasteiger partial charge in [-0.15, -0.1) is 0 Å². The van der Waals surface area contributed by atoms with Crippen molar-refractivity contribution in [3.63, 3.8) is 0 Å². The van der Waals surface area contributed by atoms with Gasteiger partial charge in [-0.1, -0.05) is 12.1 Å². The Bertz CT molecular complexity index is 1260. The quantitative estimate of drug-likeness (QED) is 0.589. The minimum Gasteiger partial charge on any atom is -0.359 e. The molecule has 1 fully saturated rings. The summed E-state index contributed by atoms with van der Waals surface area (Å²) < 4.78 is 1.64. The Hall–Kier alpha value is -4.01. The summed E-state index contributed by atoms with van der Waals surface area (Å²) in [5, 5.41) is 10.1. The van der Waals surface area contributed by atoms with E-state index in [0.29, 0.717) is 42.8 Å². The Morgan fingerprint density at radius 3 is 2.42 bits per heavy atom. The highest BCUT2D eigenvalue weighted by Gasteiger charge is 2.27. The van der Waals surface area contributed by atoms with Gasteiger partial charge in [0.2, 0.25) is 5.91 Å². The van der Waals surface area contributed by atoms with Crippen LogP contribution in [-0.4, -0.2) is 60.3 Å². The molecule has 2 amide bonds. The number of amides is 2. The number of carbonyl (C=O) groups is 2. The summed E-state index contributed by atoms with van der Waals surface area (Å²) in [4.78, 5) is 35.5. The van der Waals surface area contributed by atoms with Crippen molar-refractivity contribution in [2.75, 3.05) is 32.5 Å². The average molecular weight is 446 g/mol. The SMILES string of the molecule is C=Nn1c(=NC)c(Nc2ccc(C(=O)N3CCC(C(=O)NC)CC3)cc2)nc2ccccc21. The first-order valence-corrected chi connectivity index (χ1v) is 10.8. The second-order valence-electron chi connectivity index (χ2n) is 7.83. The van der Waals surface area contributed by atoms with E-state index in [-0.39, 0.29) is 17.7 Å². The van der Waals surface area contributed by atoms with Gasteiger partial charge in [0, 0.05) is 51.1 Å². The number of para-hydroxylation sites is 2. The van der Waals surface area contributed by atoms with E-state index in [4.69, 9.17) is 0 Å². The van der Waals surface area contributed by atoms with Gasteiger partial charge in [-0.25, -0.2) is 9.66 Å². The maximum atomic E-state index is 12.9. The lowest BCUT2D eigenvalue weighted by Crippen LogP contribution is -2.42. The standard InChI is InChI=1S/C24H27N7O2/c1-25-22-21(29-19-6-4-5-7-20(19)31(22)27-3)28-18-10-8-17(9-11-18)24(33)30-14-12-16(13-15-30)23(32)26-2/h4-11,16H,3,12-15H2,1-2H3,(H,26,32)(H,28,29). The van der Waals surface area contributed by atoms with E-state index in [0.717, 1.165) is 16.7 Å². The second-order valence-corrected chi connectivity index (χ2v) is 7.83. The van der Waals surface area contributed by atoms with Crippen LogP contribution in [0.1, 0.15) is 23.2 Å². The molecule has 0 bridgehead atoms. The van der Waals surface area contributed by atoms with Gasteiger partial charge in [-0.2, -0.15) is 5.10 Å². The largest absolute Gasteiger partial charge is 0.359 e. The molecule has 9 nitrogen and oxygen atoms in total. The number of piperidine rings is 1. The van der Waals surface area contributed by atoms with E-state index in [9.17, 15) is 9.59 Å². The zero-order valence-corrected chi connectivity index (χ0v) is 18.8. The number of benzene rings is 2. The van der Waals surface area contributed by atoms with Crippen molar-refractivity contribution in [3.8, 4) is 0 Å². The van der Waals surface area contributed by atoms with Gasteiger partial charge in [0.15, 0.2) is 11.3 Å². The fraction of sp³-hybridized carbons (Fsp3) is 0.292. The molecule has 9 heteroatoms. The summed E-state index contributed by atoms with van der Waals surface area (Å²) in [5.41, 5.74) is 3.48. The smallest absolute Gasteiger partial charge is 0.253 e. The predicted octanol–water partition coefficient (Wildman–Crippen LogP) is 2.37. The Kier molecular flexibility index (Phi) is 6.48. The van der Waals surface area contributed by atoms with E-state index in [1.807, 2.05) is 36.4 Å². The van der Waals surface area contributed by atoms with Crippen LogP contribution in [0, 0.1) is 5.92 Å². The molecule has 3 aromatic rings. The molecular formula is C24H27N7O2. The molecule has 4 rings (SSSR count). The monoisotopic (exact) mass is 445 g/mol. The number of anilines is 2. The summed E-state index contributed by atoms with van der Waals surface area (Å²) in [5.74, 6) is 0.537. The van der Waals surface area contributed by atoms with Crippen LogP contribution in [0.4, 0.5) is 11.5 Å². The van der Waals surface area contributed by atoms with Crippen molar-refractivity contribution in [2.24, 2.45) is 16.0 Å². The van der Waals surface area contributed by atoms with Crippen molar-refractivity contribution >= 4 is 41.1 Å². The molecule has 1 saturated heterocycles. The number of likely N-dealkylation sites (tertiary alicyclic amines) is 1. The number of nitrogens with zero attached hydrogens (tertiary/aromatic N) is 5. The van der Waals surface area contributed by atoms with Crippen LogP contribution in [0.15, 0.2) is 58.6 Å². The summed E-state index contributed by atoms with van der Waals surface area (Å²) in [6, 6.07) is 14.9. The molecule has 0 radical (unpaired) electrons. The lowest BCUT2D eigenvalue weighted by Gasteiger charge is -2.31. The molecule has 1 aromatic heterocycles. The first-order valence-electron chi connectivity index (χ1n) is 10.8. The van der Waals surface area contributed by atoms with Gasteiger partial charge >= 0.3 is 0 Å².